The minimum absolute atomic E-state index is 0.0120. The predicted molar refractivity (Wildman–Crippen MR) is 71.7 cm³/mol. The average molecular weight is 271 g/mol. The minimum atomic E-state index is -0.304. The Hall–Kier alpha value is -1.83. The second kappa shape index (κ2) is 5.67. The van der Waals surface area contributed by atoms with Crippen LogP contribution in [0, 0.1) is 0 Å². The number of nitrogens with zero attached hydrogens (tertiary/aromatic N) is 3. The average Bonchev–Trinajstić information content (AvgIpc) is 2.69. The number of nitrogen functional groups attached to an aromatic ring is 1. The molecule has 0 unspecified atom stereocenters. The molecule has 0 aliphatic rings. The molecule has 7 nitrogen and oxygen atoms in total. The summed E-state index contributed by atoms with van der Waals surface area (Å²) in [5.74, 6) is -0.275. The lowest BCUT2D eigenvalue weighted by Gasteiger charge is -2.18. The minimum Gasteiger partial charge on any atom is -0.382 e. The highest BCUT2D eigenvalue weighted by Gasteiger charge is 2.21. The third-order valence-corrected chi connectivity index (χ3v) is 3.36. The fourth-order valence-corrected chi connectivity index (χ4v) is 2.01. The van der Waals surface area contributed by atoms with Crippen molar-refractivity contribution in [3.63, 3.8) is 0 Å². The first kappa shape index (κ1) is 14.2. The van der Waals surface area contributed by atoms with Crippen LogP contribution in [0.25, 0.3) is 0 Å². The standard InChI is InChI=1S/C10H17N5O2S/c1-12-10-13-8(11)7(18-10)9(17)15(4)5-6(16)14(2)3/h5,11H2,1-4H3,(H,12,13). The molecule has 100 valence electrons. The van der Waals surface area contributed by atoms with Crippen molar-refractivity contribution in [2.75, 3.05) is 45.8 Å². The summed E-state index contributed by atoms with van der Waals surface area (Å²) < 4.78 is 0. The number of nitrogens with one attached hydrogen (secondary N) is 1. The first-order valence-corrected chi connectivity index (χ1v) is 6.08. The van der Waals surface area contributed by atoms with Gasteiger partial charge in [0.1, 0.15) is 10.7 Å². The van der Waals surface area contributed by atoms with Crippen molar-refractivity contribution in [2.45, 2.75) is 0 Å². The van der Waals surface area contributed by atoms with E-state index in [1.165, 1.54) is 21.1 Å². The molecule has 0 aromatic carbocycles. The van der Waals surface area contributed by atoms with Crippen molar-refractivity contribution in [2.24, 2.45) is 0 Å². The molecule has 0 atom stereocenters. The molecular formula is C10H17N5O2S. The van der Waals surface area contributed by atoms with Gasteiger partial charge < -0.3 is 20.9 Å². The largest absolute Gasteiger partial charge is 0.382 e. The van der Waals surface area contributed by atoms with E-state index in [-0.39, 0.29) is 24.2 Å². The maximum absolute atomic E-state index is 12.1. The molecule has 1 rings (SSSR count). The van der Waals surface area contributed by atoms with Gasteiger partial charge >= 0.3 is 0 Å². The zero-order valence-electron chi connectivity index (χ0n) is 10.9. The third-order valence-electron chi connectivity index (χ3n) is 2.28. The van der Waals surface area contributed by atoms with Crippen LogP contribution in [0.15, 0.2) is 0 Å². The molecule has 3 N–H and O–H groups in total. The molecule has 8 heteroatoms. The molecule has 0 fully saturated rings. The van der Waals surface area contributed by atoms with E-state index in [2.05, 4.69) is 10.3 Å². The van der Waals surface area contributed by atoms with Gasteiger partial charge in [0, 0.05) is 28.2 Å². The van der Waals surface area contributed by atoms with Gasteiger partial charge in [-0.1, -0.05) is 11.3 Å². The molecular weight excluding hydrogens is 254 g/mol. The first-order chi connectivity index (χ1) is 8.36. The second-order valence-electron chi connectivity index (χ2n) is 3.93. The second-order valence-corrected chi connectivity index (χ2v) is 4.93. The summed E-state index contributed by atoms with van der Waals surface area (Å²) in [6.45, 7) is 0.0120. The molecule has 2 amide bonds. The van der Waals surface area contributed by atoms with E-state index in [4.69, 9.17) is 5.73 Å². The Kier molecular flexibility index (Phi) is 4.49. The number of anilines is 2. The van der Waals surface area contributed by atoms with Crippen LogP contribution in [0.2, 0.25) is 0 Å². The maximum atomic E-state index is 12.1. The number of likely N-dealkylation sites (N-methyl/N-ethyl adjacent to an activating group) is 2. The number of carbonyl (C=O) groups is 2. The fourth-order valence-electron chi connectivity index (χ4n) is 1.18. The number of carbonyl (C=O) groups excluding carboxylic acids is 2. The van der Waals surface area contributed by atoms with Crippen LogP contribution >= 0.6 is 11.3 Å². The Labute approximate surface area is 110 Å². The number of aromatic nitrogens is 1. The SMILES string of the molecule is CNc1nc(N)c(C(=O)N(C)CC(=O)N(C)C)s1. The molecule has 0 aliphatic carbocycles. The van der Waals surface area contributed by atoms with Crippen molar-refractivity contribution in [3.8, 4) is 0 Å². The van der Waals surface area contributed by atoms with E-state index >= 15 is 0 Å². The Morgan fingerprint density at radius 3 is 2.44 bits per heavy atom. The molecule has 0 aliphatic heterocycles. The van der Waals surface area contributed by atoms with Crippen molar-refractivity contribution in [1.29, 1.82) is 0 Å². The van der Waals surface area contributed by atoms with Gasteiger partial charge in [-0.25, -0.2) is 4.98 Å². The Morgan fingerprint density at radius 2 is 2.00 bits per heavy atom. The Balaban J connectivity index is 2.80. The number of thiazole rings is 1. The van der Waals surface area contributed by atoms with Gasteiger partial charge in [0.05, 0.1) is 6.54 Å². The quantitative estimate of drug-likeness (QED) is 0.799. The molecule has 0 saturated carbocycles. The fraction of sp³-hybridized carbons (Fsp3) is 0.500. The van der Waals surface area contributed by atoms with Gasteiger partial charge in [-0.05, 0) is 0 Å². The Bertz CT molecular complexity index is 457. The number of rotatable bonds is 4. The number of hydrogen-bond acceptors (Lipinski definition) is 6. The monoisotopic (exact) mass is 271 g/mol. The lowest BCUT2D eigenvalue weighted by atomic mass is 10.4. The van der Waals surface area contributed by atoms with E-state index in [9.17, 15) is 9.59 Å². The molecule has 0 spiro atoms. The first-order valence-electron chi connectivity index (χ1n) is 5.26. The highest BCUT2D eigenvalue weighted by atomic mass is 32.1. The van der Waals surface area contributed by atoms with E-state index in [1.807, 2.05) is 0 Å². The molecule has 1 aromatic rings. The topological polar surface area (TPSA) is 91.6 Å². The van der Waals surface area contributed by atoms with Crippen molar-refractivity contribution >= 4 is 34.1 Å². The molecule has 18 heavy (non-hydrogen) atoms. The van der Waals surface area contributed by atoms with Gasteiger partial charge in [0.15, 0.2) is 5.13 Å². The maximum Gasteiger partial charge on any atom is 0.268 e. The van der Waals surface area contributed by atoms with Crippen LogP contribution in [-0.2, 0) is 4.79 Å². The van der Waals surface area contributed by atoms with Gasteiger partial charge in [-0.2, -0.15) is 0 Å². The lowest BCUT2D eigenvalue weighted by molar-refractivity contribution is -0.129. The van der Waals surface area contributed by atoms with Gasteiger partial charge in [0.2, 0.25) is 5.91 Å². The van der Waals surface area contributed by atoms with Gasteiger partial charge in [-0.15, -0.1) is 0 Å². The number of hydrogen-bond donors (Lipinski definition) is 2. The summed E-state index contributed by atoms with van der Waals surface area (Å²) in [4.78, 5) is 30.7. The Morgan fingerprint density at radius 1 is 1.39 bits per heavy atom. The van der Waals surface area contributed by atoms with E-state index in [0.29, 0.717) is 10.0 Å². The highest BCUT2D eigenvalue weighted by Crippen LogP contribution is 2.25. The summed E-state index contributed by atoms with van der Waals surface area (Å²) in [6, 6.07) is 0. The van der Waals surface area contributed by atoms with E-state index in [0.717, 1.165) is 0 Å². The summed E-state index contributed by atoms with van der Waals surface area (Å²) in [5.41, 5.74) is 5.66. The van der Waals surface area contributed by atoms with Gasteiger partial charge in [-0.3, -0.25) is 9.59 Å². The zero-order valence-corrected chi connectivity index (χ0v) is 11.7. The van der Waals surface area contributed by atoms with Crippen LogP contribution in [0.5, 0.6) is 0 Å². The van der Waals surface area contributed by atoms with E-state index < -0.39 is 0 Å². The summed E-state index contributed by atoms with van der Waals surface area (Å²) in [5, 5.41) is 3.39. The molecule has 1 aromatic heterocycles. The van der Waals surface area contributed by atoms with Gasteiger partial charge in [0.25, 0.3) is 5.91 Å². The van der Waals surface area contributed by atoms with Crippen LogP contribution in [0.4, 0.5) is 10.9 Å². The molecule has 0 bridgehead atoms. The van der Waals surface area contributed by atoms with E-state index in [1.54, 1.807) is 28.2 Å². The zero-order chi connectivity index (χ0) is 13.9. The highest BCUT2D eigenvalue weighted by molar-refractivity contribution is 7.18. The summed E-state index contributed by atoms with van der Waals surface area (Å²) in [7, 11) is 6.54. The summed E-state index contributed by atoms with van der Waals surface area (Å²) in [6.07, 6.45) is 0. The normalized spacial score (nSPS) is 10.0. The molecule has 0 radical (unpaired) electrons. The van der Waals surface area contributed by atoms with Crippen LogP contribution in [-0.4, -0.2) is 61.3 Å². The predicted octanol–water partition coefficient (Wildman–Crippen LogP) is -0.0728. The van der Waals surface area contributed by atoms with Crippen molar-refractivity contribution < 1.29 is 9.59 Å². The molecule has 1 heterocycles. The van der Waals surface area contributed by atoms with Crippen molar-refractivity contribution in [3.05, 3.63) is 4.88 Å². The molecule has 0 saturated heterocycles. The third kappa shape index (κ3) is 3.10. The number of nitrogens with two attached hydrogens (primary N) is 1. The van der Waals surface area contributed by atoms with Crippen LogP contribution in [0.3, 0.4) is 0 Å². The number of amides is 2. The van der Waals surface area contributed by atoms with Crippen LogP contribution < -0.4 is 11.1 Å². The van der Waals surface area contributed by atoms with Crippen LogP contribution in [0.1, 0.15) is 9.67 Å². The smallest absolute Gasteiger partial charge is 0.268 e. The lowest BCUT2D eigenvalue weighted by Crippen LogP contribution is -2.37. The van der Waals surface area contributed by atoms with Crippen molar-refractivity contribution in [1.82, 2.24) is 14.8 Å². The summed E-state index contributed by atoms with van der Waals surface area (Å²) >= 11 is 1.17.